The van der Waals surface area contributed by atoms with E-state index in [9.17, 15) is 4.79 Å². The van der Waals surface area contributed by atoms with Crippen LogP contribution < -0.4 is 15.4 Å². The first-order valence-electron chi connectivity index (χ1n) is 10.6. The summed E-state index contributed by atoms with van der Waals surface area (Å²) in [6.45, 7) is 8.10. The first kappa shape index (κ1) is 26.5. The minimum absolute atomic E-state index is 0. The number of rotatable bonds is 9. The lowest BCUT2D eigenvalue weighted by atomic mass is 10.1. The molecule has 1 aromatic rings. The maximum Gasteiger partial charge on any atom is 0.239 e. The highest BCUT2D eigenvalue weighted by atomic mass is 127. The van der Waals surface area contributed by atoms with Crippen molar-refractivity contribution in [3.63, 3.8) is 0 Å². The number of carbonyl (C=O) groups is 1. The van der Waals surface area contributed by atoms with Crippen molar-refractivity contribution in [3.8, 4) is 5.75 Å². The molecule has 8 heteroatoms. The van der Waals surface area contributed by atoms with E-state index in [0.29, 0.717) is 13.2 Å². The van der Waals surface area contributed by atoms with E-state index in [2.05, 4.69) is 45.6 Å². The number of hydrogen-bond acceptors (Lipinski definition) is 4. The molecular formula is C22H38IN5O2. The lowest BCUT2D eigenvalue weighted by Gasteiger charge is -2.26. The van der Waals surface area contributed by atoms with Crippen molar-refractivity contribution in [1.29, 1.82) is 0 Å². The van der Waals surface area contributed by atoms with Crippen LogP contribution in [0.15, 0.2) is 23.2 Å². The molecular weight excluding hydrogens is 493 g/mol. The summed E-state index contributed by atoms with van der Waals surface area (Å²) in [6, 6.07) is 6.30. The number of guanidine groups is 1. The van der Waals surface area contributed by atoms with Crippen LogP contribution in [0.2, 0.25) is 0 Å². The van der Waals surface area contributed by atoms with Crippen LogP contribution >= 0.6 is 24.0 Å². The van der Waals surface area contributed by atoms with Gasteiger partial charge in [0.25, 0.3) is 0 Å². The Hall–Kier alpha value is -1.55. The number of amides is 1. The molecule has 7 nitrogen and oxygen atoms in total. The topological polar surface area (TPSA) is 69.2 Å². The second kappa shape index (κ2) is 13.7. The SMILES string of the molecule is CCOc1cc(C)ccc1CNC(=NC)NCCCN1CCCC1C(=O)N(C)C.I. The Balaban J connectivity index is 0.00000450. The molecule has 0 saturated carbocycles. The number of hydrogen-bond donors (Lipinski definition) is 2. The second-order valence-electron chi connectivity index (χ2n) is 7.68. The zero-order chi connectivity index (χ0) is 21.2. The van der Waals surface area contributed by atoms with Gasteiger partial charge in [-0.15, -0.1) is 24.0 Å². The van der Waals surface area contributed by atoms with Crippen LogP contribution in [0.1, 0.15) is 37.3 Å². The van der Waals surface area contributed by atoms with E-state index >= 15 is 0 Å². The van der Waals surface area contributed by atoms with Gasteiger partial charge in [0.2, 0.25) is 5.91 Å². The highest BCUT2D eigenvalue weighted by Gasteiger charge is 2.30. The summed E-state index contributed by atoms with van der Waals surface area (Å²) in [5, 5.41) is 6.73. The number of aliphatic imine (C=N–C) groups is 1. The molecule has 1 saturated heterocycles. The molecule has 0 spiro atoms. The van der Waals surface area contributed by atoms with Crippen molar-refractivity contribution in [2.45, 2.75) is 45.7 Å². The van der Waals surface area contributed by atoms with Crippen LogP contribution in [0.3, 0.4) is 0 Å². The van der Waals surface area contributed by atoms with E-state index in [4.69, 9.17) is 4.74 Å². The summed E-state index contributed by atoms with van der Waals surface area (Å²) < 4.78 is 5.75. The minimum Gasteiger partial charge on any atom is -0.494 e. The molecule has 30 heavy (non-hydrogen) atoms. The van der Waals surface area contributed by atoms with Crippen LogP contribution in [0.25, 0.3) is 0 Å². The summed E-state index contributed by atoms with van der Waals surface area (Å²) in [5.74, 6) is 1.91. The van der Waals surface area contributed by atoms with Crippen LogP contribution in [0, 0.1) is 6.92 Å². The molecule has 0 aromatic heterocycles. The third kappa shape index (κ3) is 7.94. The Bertz CT molecular complexity index is 696. The number of nitrogens with one attached hydrogen (secondary N) is 2. The molecule has 1 aliphatic rings. The van der Waals surface area contributed by atoms with E-state index in [1.165, 1.54) is 5.56 Å². The average Bonchev–Trinajstić information content (AvgIpc) is 3.16. The minimum atomic E-state index is 0. The van der Waals surface area contributed by atoms with Gasteiger partial charge < -0.3 is 20.3 Å². The van der Waals surface area contributed by atoms with Crippen LogP contribution in [-0.2, 0) is 11.3 Å². The van der Waals surface area contributed by atoms with Gasteiger partial charge in [0.1, 0.15) is 5.75 Å². The van der Waals surface area contributed by atoms with E-state index in [-0.39, 0.29) is 35.9 Å². The highest BCUT2D eigenvalue weighted by Crippen LogP contribution is 2.20. The van der Waals surface area contributed by atoms with Gasteiger partial charge >= 0.3 is 0 Å². The van der Waals surface area contributed by atoms with Gasteiger partial charge in [-0.2, -0.15) is 0 Å². The predicted octanol–water partition coefficient (Wildman–Crippen LogP) is 2.62. The Morgan fingerprint density at radius 3 is 2.77 bits per heavy atom. The van der Waals surface area contributed by atoms with Crippen molar-refractivity contribution in [3.05, 3.63) is 29.3 Å². The van der Waals surface area contributed by atoms with Gasteiger partial charge in [-0.1, -0.05) is 12.1 Å². The molecule has 170 valence electrons. The molecule has 1 amide bonds. The van der Waals surface area contributed by atoms with E-state index in [1.807, 2.05) is 21.0 Å². The highest BCUT2D eigenvalue weighted by molar-refractivity contribution is 14.0. The molecule has 0 bridgehead atoms. The van der Waals surface area contributed by atoms with Crippen LogP contribution in [0.5, 0.6) is 5.75 Å². The third-order valence-corrected chi connectivity index (χ3v) is 5.20. The Kier molecular flexibility index (Phi) is 12.1. The van der Waals surface area contributed by atoms with Gasteiger partial charge in [0.05, 0.1) is 12.6 Å². The Morgan fingerprint density at radius 2 is 2.10 bits per heavy atom. The molecule has 2 rings (SSSR count). The number of nitrogens with zero attached hydrogens (tertiary/aromatic N) is 3. The molecule has 1 aromatic carbocycles. The molecule has 1 atom stereocenters. The summed E-state index contributed by atoms with van der Waals surface area (Å²) in [6.07, 6.45) is 3.03. The molecule has 1 unspecified atom stereocenters. The van der Waals surface area contributed by atoms with Gasteiger partial charge in [0.15, 0.2) is 5.96 Å². The zero-order valence-corrected chi connectivity index (χ0v) is 21.4. The lowest BCUT2D eigenvalue weighted by Crippen LogP contribution is -2.44. The monoisotopic (exact) mass is 531 g/mol. The van der Waals surface area contributed by atoms with Crippen molar-refractivity contribution in [2.75, 3.05) is 47.4 Å². The Labute approximate surface area is 198 Å². The first-order chi connectivity index (χ1) is 14.0. The maximum atomic E-state index is 12.3. The average molecular weight is 531 g/mol. The lowest BCUT2D eigenvalue weighted by molar-refractivity contribution is -0.133. The maximum absolute atomic E-state index is 12.3. The molecule has 1 aliphatic heterocycles. The summed E-state index contributed by atoms with van der Waals surface area (Å²) >= 11 is 0. The largest absolute Gasteiger partial charge is 0.494 e. The number of benzene rings is 1. The number of carbonyl (C=O) groups excluding carboxylic acids is 1. The standard InChI is InChI=1S/C22H37N5O2.HI/c1-6-29-20-15-17(2)10-11-18(20)16-25-22(23-3)24-12-8-14-27-13-7-9-19(27)21(28)26(4)5;/h10-11,15,19H,6-9,12-14,16H2,1-5H3,(H2,23,24,25);1H. The van der Waals surface area contributed by atoms with Crippen molar-refractivity contribution in [1.82, 2.24) is 20.4 Å². The van der Waals surface area contributed by atoms with Crippen LogP contribution in [0.4, 0.5) is 0 Å². The van der Waals surface area contributed by atoms with Gasteiger partial charge in [-0.25, -0.2) is 0 Å². The van der Waals surface area contributed by atoms with Gasteiger partial charge in [-0.05, 0) is 51.3 Å². The molecule has 1 heterocycles. The number of ether oxygens (including phenoxy) is 1. The fourth-order valence-electron chi connectivity index (χ4n) is 3.66. The molecule has 0 radical (unpaired) electrons. The van der Waals surface area contributed by atoms with Crippen molar-refractivity contribution in [2.24, 2.45) is 4.99 Å². The number of likely N-dealkylation sites (tertiary alicyclic amines) is 1. The van der Waals surface area contributed by atoms with Crippen molar-refractivity contribution >= 4 is 35.8 Å². The Morgan fingerprint density at radius 1 is 1.33 bits per heavy atom. The summed E-state index contributed by atoms with van der Waals surface area (Å²) in [7, 11) is 5.45. The van der Waals surface area contributed by atoms with E-state index < -0.39 is 0 Å². The molecule has 2 N–H and O–H groups in total. The number of halogens is 1. The fraction of sp³-hybridized carbons (Fsp3) is 0.636. The van der Waals surface area contributed by atoms with Gasteiger partial charge in [0, 0.05) is 46.3 Å². The van der Waals surface area contributed by atoms with Crippen molar-refractivity contribution < 1.29 is 9.53 Å². The zero-order valence-electron chi connectivity index (χ0n) is 19.0. The molecule has 0 aliphatic carbocycles. The summed E-state index contributed by atoms with van der Waals surface area (Å²) in [4.78, 5) is 20.6. The second-order valence-corrected chi connectivity index (χ2v) is 7.68. The first-order valence-corrected chi connectivity index (χ1v) is 10.6. The normalized spacial score (nSPS) is 16.7. The van der Waals surface area contributed by atoms with E-state index in [1.54, 1.807) is 11.9 Å². The van der Waals surface area contributed by atoms with E-state index in [0.717, 1.165) is 56.2 Å². The third-order valence-electron chi connectivity index (χ3n) is 5.20. The fourth-order valence-corrected chi connectivity index (χ4v) is 3.66. The quantitative estimate of drug-likeness (QED) is 0.222. The van der Waals surface area contributed by atoms with Crippen LogP contribution in [-0.4, -0.2) is 75.1 Å². The summed E-state index contributed by atoms with van der Waals surface area (Å²) in [5.41, 5.74) is 2.30. The number of aryl methyl sites for hydroxylation is 1. The van der Waals surface area contributed by atoms with Gasteiger partial charge in [-0.3, -0.25) is 14.7 Å². The smallest absolute Gasteiger partial charge is 0.239 e. The molecule has 1 fully saturated rings. The predicted molar refractivity (Wildman–Crippen MR) is 134 cm³/mol. The number of likely N-dealkylation sites (N-methyl/N-ethyl adjacent to an activating group) is 1.